The van der Waals surface area contributed by atoms with E-state index in [-0.39, 0.29) is 24.8 Å². The second kappa shape index (κ2) is 9.38. The summed E-state index contributed by atoms with van der Waals surface area (Å²) in [6.07, 6.45) is 1.61. The molecule has 9 nitrogen and oxygen atoms in total. The van der Waals surface area contributed by atoms with E-state index in [2.05, 4.69) is 5.16 Å². The number of fused-ring (bicyclic) bond motifs is 3. The van der Waals surface area contributed by atoms with Gasteiger partial charge >= 0.3 is 5.97 Å². The molecule has 182 valence electrons. The Kier molecular flexibility index (Phi) is 6.69. The summed E-state index contributed by atoms with van der Waals surface area (Å²) in [6.45, 7) is 3.59. The summed E-state index contributed by atoms with van der Waals surface area (Å²) >= 11 is 6.49. The number of esters is 1. The fourth-order valence-electron chi connectivity index (χ4n) is 4.91. The molecule has 34 heavy (non-hydrogen) atoms. The third-order valence-electron chi connectivity index (χ3n) is 6.68. The summed E-state index contributed by atoms with van der Waals surface area (Å²) in [5.74, 6) is -1.32. The molecule has 0 aliphatic heterocycles. The molecule has 1 aromatic carbocycles. The van der Waals surface area contributed by atoms with E-state index in [1.165, 1.54) is 0 Å². The Morgan fingerprint density at radius 2 is 2.18 bits per heavy atom. The molecule has 1 aliphatic carbocycles. The van der Waals surface area contributed by atoms with Crippen molar-refractivity contribution >= 4 is 45.3 Å². The molecule has 3 unspecified atom stereocenters. The van der Waals surface area contributed by atoms with Crippen molar-refractivity contribution in [1.29, 1.82) is 0 Å². The van der Waals surface area contributed by atoms with Gasteiger partial charge in [0.05, 0.1) is 10.5 Å². The van der Waals surface area contributed by atoms with Gasteiger partial charge in [0.15, 0.2) is 11.7 Å². The number of aliphatic hydroxyl groups excluding tert-OH is 1. The van der Waals surface area contributed by atoms with Gasteiger partial charge in [-0.25, -0.2) is 4.79 Å². The van der Waals surface area contributed by atoms with E-state index in [9.17, 15) is 19.5 Å². The summed E-state index contributed by atoms with van der Waals surface area (Å²) < 4.78 is 12.5. The van der Waals surface area contributed by atoms with Crippen LogP contribution in [0.3, 0.4) is 0 Å². The first-order valence-corrected chi connectivity index (χ1v) is 11.9. The Hall–Kier alpha value is -2.91. The van der Waals surface area contributed by atoms with Crippen molar-refractivity contribution in [3.05, 3.63) is 39.3 Å². The zero-order chi connectivity index (χ0) is 24.6. The van der Waals surface area contributed by atoms with Crippen LogP contribution in [-0.4, -0.2) is 38.4 Å². The molecule has 1 saturated carbocycles. The van der Waals surface area contributed by atoms with E-state index in [4.69, 9.17) is 26.6 Å². The smallest absolute Gasteiger partial charge is 0.336 e. The predicted octanol–water partition coefficient (Wildman–Crippen LogP) is 3.54. The van der Waals surface area contributed by atoms with Crippen molar-refractivity contribution in [1.82, 2.24) is 9.72 Å². The number of aliphatic hydroxyl groups is 1. The molecule has 2 aromatic heterocycles. The molecule has 1 amide bonds. The molecule has 1 aliphatic rings. The fourth-order valence-corrected chi connectivity index (χ4v) is 5.17. The Labute approximate surface area is 200 Å². The molecule has 0 bridgehead atoms. The van der Waals surface area contributed by atoms with Crippen LogP contribution in [-0.2, 0) is 14.3 Å². The minimum atomic E-state index is -1.63. The monoisotopic (exact) mass is 489 g/mol. The number of benzene rings is 1. The van der Waals surface area contributed by atoms with Crippen molar-refractivity contribution in [2.45, 2.75) is 76.5 Å². The van der Waals surface area contributed by atoms with Gasteiger partial charge in [0.1, 0.15) is 16.7 Å². The number of nitrogens with zero attached hydrogens (tertiary/aromatic N) is 2. The van der Waals surface area contributed by atoms with Crippen LogP contribution in [0.2, 0.25) is 5.02 Å². The van der Waals surface area contributed by atoms with Crippen LogP contribution in [0.4, 0.5) is 0 Å². The zero-order valence-corrected chi connectivity index (χ0v) is 19.9. The summed E-state index contributed by atoms with van der Waals surface area (Å²) in [7, 11) is 0. The van der Waals surface area contributed by atoms with E-state index in [0.29, 0.717) is 51.9 Å². The van der Waals surface area contributed by atoms with Crippen LogP contribution < -0.4 is 11.3 Å². The number of halogens is 1. The van der Waals surface area contributed by atoms with Gasteiger partial charge in [-0.1, -0.05) is 42.6 Å². The number of pyridine rings is 1. The van der Waals surface area contributed by atoms with Gasteiger partial charge in [-0.2, -0.15) is 0 Å². The Bertz CT molecular complexity index is 1320. The van der Waals surface area contributed by atoms with Crippen molar-refractivity contribution in [2.75, 3.05) is 0 Å². The van der Waals surface area contributed by atoms with Gasteiger partial charge in [0.25, 0.3) is 11.5 Å². The standard InChI is InChI=1S/C24H28ClN3O6/c1-3-4-10-17(29)22(31)33-24(23(26)32)11-6-7-14(12-24)28-16-9-5-8-15(25)19(16)20-18(21(28)30)13(2)34-27-20/h5,8-9,14,17,29H,3-4,6-7,10-12H2,1-2H3,(H2,26,32). The van der Waals surface area contributed by atoms with Crippen LogP contribution in [0.1, 0.15) is 63.7 Å². The second-order valence-corrected chi connectivity index (χ2v) is 9.37. The maximum atomic E-state index is 13.6. The van der Waals surface area contributed by atoms with E-state index in [1.54, 1.807) is 29.7 Å². The molecule has 1 fully saturated rings. The molecule has 0 spiro atoms. The van der Waals surface area contributed by atoms with Crippen LogP contribution in [0.25, 0.3) is 21.8 Å². The first-order chi connectivity index (χ1) is 16.2. The molecular weight excluding hydrogens is 462 g/mol. The first-order valence-electron chi connectivity index (χ1n) is 11.5. The molecule has 3 N–H and O–H groups in total. The molecule has 3 atom stereocenters. The van der Waals surface area contributed by atoms with E-state index in [0.717, 1.165) is 6.42 Å². The number of primary amides is 1. The summed E-state index contributed by atoms with van der Waals surface area (Å²) in [4.78, 5) is 38.8. The quantitative estimate of drug-likeness (QED) is 0.484. The number of hydrogen-bond acceptors (Lipinski definition) is 7. The van der Waals surface area contributed by atoms with Gasteiger partial charge in [0, 0.05) is 17.8 Å². The normalized spacial score (nSPS) is 21.6. The highest BCUT2D eigenvalue weighted by Crippen LogP contribution is 2.40. The first kappa shape index (κ1) is 24.2. The van der Waals surface area contributed by atoms with Crippen molar-refractivity contribution in [3.63, 3.8) is 0 Å². The number of ether oxygens (including phenoxy) is 1. The molecule has 2 heterocycles. The number of amides is 1. The van der Waals surface area contributed by atoms with Crippen molar-refractivity contribution in [2.24, 2.45) is 5.73 Å². The highest BCUT2D eigenvalue weighted by Gasteiger charge is 2.47. The molecule has 0 saturated heterocycles. The third-order valence-corrected chi connectivity index (χ3v) is 6.99. The topological polar surface area (TPSA) is 138 Å². The Morgan fingerprint density at radius 1 is 1.41 bits per heavy atom. The van der Waals surface area contributed by atoms with E-state index in [1.807, 2.05) is 6.92 Å². The van der Waals surface area contributed by atoms with Crippen LogP contribution in [0.15, 0.2) is 27.5 Å². The number of carbonyl (C=O) groups excluding carboxylic acids is 2. The Morgan fingerprint density at radius 3 is 2.88 bits per heavy atom. The zero-order valence-electron chi connectivity index (χ0n) is 19.2. The number of carbonyl (C=O) groups is 2. The number of hydrogen-bond donors (Lipinski definition) is 2. The van der Waals surface area contributed by atoms with Crippen LogP contribution in [0.5, 0.6) is 0 Å². The number of aromatic nitrogens is 2. The molecule has 4 rings (SSSR count). The van der Waals surface area contributed by atoms with Gasteiger partial charge in [-0.3, -0.25) is 9.59 Å². The lowest BCUT2D eigenvalue weighted by Crippen LogP contribution is -2.52. The van der Waals surface area contributed by atoms with Gasteiger partial charge in [0.2, 0.25) is 0 Å². The summed E-state index contributed by atoms with van der Waals surface area (Å²) in [5, 5.41) is 15.5. The minimum absolute atomic E-state index is 0.00588. The van der Waals surface area contributed by atoms with Crippen molar-refractivity contribution in [3.8, 4) is 0 Å². The van der Waals surface area contributed by atoms with Crippen LogP contribution >= 0.6 is 11.6 Å². The average Bonchev–Trinajstić information content (AvgIpc) is 3.19. The largest absolute Gasteiger partial charge is 0.447 e. The lowest BCUT2D eigenvalue weighted by Gasteiger charge is -2.39. The predicted molar refractivity (Wildman–Crippen MR) is 127 cm³/mol. The fraction of sp³-hybridized carbons (Fsp3) is 0.500. The van der Waals surface area contributed by atoms with Crippen LogP contribution in [0, 0.1) is 6.92 Å². The highest BCUT2D eigenvalue weighted by molar-refractivity contribution is 6.37. The Balaban J connectivity index is 1.80. The lowest BCUT2D eigenvalue weighted by atomic mass is 9.80. The maximum absolute atomic E-state index is 13.6. The van der Waals surface area contributed by atoms with E-state index >= 15 is 0 Å². The third kappa shape index (κ3) is 4.07. The van der Waals surface area contributed by atoms with Gasteiger partial charge in [-0.05, 0) is 44.7 Å². The summed E-state index contributed by atoms with van der Waals surface area (Å²) in [5.41, 5.74) is 4.69. The second-order valence-electron chi connectivity index (χ2n) is 8.96. The maximum Gasteiger partial charge on any atom is 0.336 e. The van der Waals surface area contributed by atoms with Gasteiger partial charge in [-0.15, -0.1) is 0 Å². The number of unbranched alkanes of at least 4 members (excludes halogenated alkanes) is 1. The summed E-state index contributed by atoms with van der Waals surface area (Å²) in [6, 6.07) is 4.69. The van der Waals surface area contributed by atoms with E-state index < -0.39 is 29.6 Å². The molecule has 0 radical (unpaired) electrons. The number of rotatable bonds is 7. The highest BCUT2D eigenvalue weighted by atomic mass is 35.5. The molecular formula is C24H28ClN3O6. The minimum Gasteiger partial charge on any atom is -0.447 e. The number of aryl methyl sites for hydroxylation is 1. The number of nitrogens with two attached hydrogens (primary N) is 1. The molecule has 3 aromatic rings. The van der Waals surface area contributed by atoms with Crippen molar-refractivity contribution < 1.29 is 24.0 Å². The lowest BCUT2D eigenvalue weighted by molar-refractivity contribution is -0.180. The molecule has 10 heteroatoms. The van der Waals surface area contributed by atoms with Gasteiger partial charge < -0.3 is 24.7 Å². The average molecular weight is 490 g/mol. The SMILES string of the molecule is CCCCC(O)C(=O)OC1(C(N)=O)CCCC(n2c(=O)c3c(C)onc3c3c(Cl)cccc32)C1.